The Morgan fingerprint density at radius 3 is 2.88 bits per heavy atom. The molecule has 1 rings (SSSR count). The number of carboxylic acids is 1. The molecule has 0 atom stereocenters. The van der Waals surface area contributed by atoms with Crippen LogP contribution in [-0.4, -0.2) is 17.7 Å². The average molecular weight is 346 g/mol. The molecule has 0 heterocycles. The van der Waals surface area contributed by atoms with Crippen LogP contribution < -0.4 is 4.74 Å². The number of benzene rings is 1. The second-order valence-electron chi connectivity index (χ2n) is 3.56. The largest absolute Gasteiger partial charge is 0.492 e. The lowest BCUT2D eigenvalue weighted by Crippen LogP contribution is -1.98. The monoisotopic (exact) mass is 346 g/mol. The molecule has 0 aliphatic rings. The van der Waals surface area contributed by atoms with E-state index >= 15 is 0 Å². The first-order valence-electron chi connectivity index (χ1n) is 5.47. The zero-order chi connectivity index (χ0) is 12.7. The third kappa shape index (κ3) is 5.21. The number of unbranched alkanes of at least 4 members (excludes halogenated alkanes) is 1. The summed E-state index contributed by atoms with van der Waals surface area (Å²) in [5.41, 5.74) is 0.861. The highest BCUT2D eigenvalue weighted by Gasteiger charge is 2.01. The fraction of sp³-hybridized carbons (Fsp3) is 0.308. The molecule has 4 heteroatoms. The molecule has 0 spiro atoms. The molecule has 1 N–H and O–H groups in total. The molecular weight excluding hydrogens is 331 g/mol. The van der Waals surface area contributed by atoms with Gasteiger partial charge < -0.3 is 9.84 Å². The maximum atomic E-state index is 10.4. The van der Waals surface area contributed by atoms with E-state index in [0.29, 0.717) is 0 Å². The van der Waals surface area contributed by atoms with Crippen molar-refractivity contribution in [2.45, 2.75) is 19.8 Å². The van der Waals surface area contributed by atoms with Crippen molar-refractivity contribution in [2.75, 3.05) is 6.61 Å². The molecule has 1 aromatic rings. The Hall–Kier alpha value is -1.04. The van der Waals surface area contributed by atoms with Crippen LogP contribution in [0.25, 0.3) is 6.08 Å². The second-order valence-corrected chi connectivity index (χ2v) is 4.73. The number of rotatable bonds is 6. The summed E-state index contributed by atoms with van der Waals surface area (Å²) in [6.07, 6.45) is 4.84. The van der Waals surface area contributed by atoms with Gasteiger partial charge in [-0.15, -0.1) is 0 Å². The summed E-state index contributed by atoms with van der Waals surface area (Å²) in [6.45, 7) is 2.84. The van der Waals surface area contributed by atoms with Crippen molar-refractivity contribution >= 4 is 34.6 Å². The average Bonchev–Trinajstić information content (AvgIpc) is 2.29. The standard InChI is InChI=1S/C13H15IO3/c1-2-3-8-17-12-6-4-10(9-11(12)14)5-7-13(15)16/h4-7,9H,2-3,8H2,1H3,(H,15,16)/b7-5-. The Bertz CT molecular complexity index is 413. The van der Waals surface area contributed by atoms with E-state index in [9.17, 15) is 4.79 Å². The number of carbonyl (C=O) groups is 1. The fourth-order valence-corrected chi connectivity index (χ4v) is 1.93. The number of hydrogen-bond donors (Lipinski definition) is 1. The number of halogens is 1. The Balaban J connectivity index is 2.69. The minimum atomic E-state index is -0.941. The van der Waals surface area contributed by atoms with Gasteiger partial charge in [0.2, 0.25) is 0 Å². The topological polar surface area (TPSA) is 46.5 Å². The van der Waals surface area contributed by atoms with E-state index in [4.69, 9.17) is 9.84 Å². The molecule has 92 valence electrons. The summed E-state index contributed by atoms with van der Waals surface area (Å²) in [5.74, 6) is -0.0881. The number of aliphatic carboxylic acids is 1. The smallest absolute Gasteiger partial charge is 0.328 e. The molecule has 0 radical (unpaired) electrons. The minimum absolute atomic E-state index is 0.719. The van der Waals surface area contributed by atoms with Gasteiger partial charge in [0.15, 0.2) is 0 Å². The zero-order valence-corrected chi connectivity index (χ0v) is 11.8. The van der Waals surface area contributed by atoms with Crippen LogP contribution in [0.1, 0.15) is 25.3 Å². The van der Waals surface area contributed by atoms with Crippen molar-refractivity contribution in [1.82, 2.24) is 0 Å². The molecule has 1 aromatic carbocycles. The highest BCUT2D eigenvalue weighted by molar-refractivity contribution is 14.1. The molecule has 0 aromatic heterocycles. The van der Waals surface area contributed by atoms with Gasteiger partial charge in [-0.3, -0.25) is 0 Å². The van der Waals surface area contributed by atoms with Crippen LogP contribution in [0.15, 0.2) is 24.3 Å². The molecule has 0 saturated carbocycles. The molecule has 0 bridgehead atoms. The highest BCUT2D eigenvalue weighted by Crippen LogP contribution is 2.23. The van der Waals surface area contributed by atoms with E-state index in [1.807, 2.05) is 18.2 Å². The lowest BCUT2D eigenvalue weighted by Gasteiger charge is -2.07. The Morgan fingerprint density at radius 2 is 2.29 bits per heavy atom. The van der Waals surface area contributed by atoms with Crippen molar-refractivity contribution in [3.8, 4) is 5.75 Å². The predicted molar refractivity (Wildman–Crippen MR) is 76.2 cm³/mol. The first kappa shape index (κ1) is 14.0. The van der Waals surface area contributed by atoms with Gasteiger partial charge in [0.25, 0.3) is 0 Å². The molecule has 0 aliphatic heterocycles. The number of carboxylic acid groups (broad SMARTS) is 1. The maximum absolute atomic E-state index is 10.4. The minimum Gasteiger partial charge on any atom is -0.492 e. The predicted octanol–water partition coefficient (Wildman–Crippen LogP) is 3.57. The Morgan fingerprint density at radius 1 is 1.53 bits per heavy atom. The third-order valence-electron chi connectivity index (χ3n) is 2.13. The summed E-state index contributed by atoms with van der Waals surface area (Å²) in [7, 11) is 0. The first-order chi connectivity index (χ1) is 8.13. The molecular formula is C13H15IO3. The quantitative estimate of drug-likeness (QED) is 0.487. The van der Waals surface area contributed by atoms with E-state index < -0.39 is 5.97 Å². The van der Waals surface area contributed by atoms with Gasteiger partial charge in [-0.1, -0.05) is 19.4 Å². The summed E-state index contributed by atoms with van der Waals surface area (Å²) < 4.78 is 6.60. The fourth-order valence-electron chi connectivity index (χ4n) is 1.23. The van der Waals surface area contributed by atoms with E-state index in [1.54, 1.807) is 6.08 Å². The second kappa shape index (κ2) is 7.32. The van der Waals surface area contributed by atoms with Crippen LogP contribution in [0.2, 0.25) is 0 Å². The lowest BCUT2D eigenvalue weighted by molar-refractivity contribution is -0.131. The van der Waals surface area contributed by atoms with E-state index in [-0.39, 0.29) is 0 Å². The van der Waals surface area contributed by atoms with Crippen molar-refractivity contribution in [3.05, 3.63) is 33.4 Å². The maximum Gasteiger partial charge on any atom is 0.328 e. The van der Waals surface area contributed by atoms with Gasteiger partial charge in [-0.05, 0) is 52.8 Å². The molecule has 0 saturated heterocycles. The van der Waals surface area contributed by atoms with Crippen molar-refractivity contribution in [1.29, 1.82) is 0 Å². The Kier molecular flexibility index (Phi) is 6.04. The van der Waals surface area contributed by atoms with E-state index in [0.717, 1.165) is 40.4 Å². The SMILES string of the molecule is CCCCOc1ccc(/C=C\C(=O)O)cc1I. The summed E-state index contributed by atoms with van der Waals surface area (Å²) in [5, 5.41) is 8.53. The van der Waals surface area contributed by atoms with Crippen LogP contribution in [0, 0.1) is 3.57 Å². The van der Waals surface area contributed by atoms with Crippen molar-refractivity contribution < 1.29 is 14.6 Å². The van der Waals surface area contributed by atoms with Crippen molar-refractivity contribution in [3.63, 3.8) is 0 Å². The van der Waals surface area contributed by atoms with Crippen LogP contribution in [0.4, 0.5) is 0 Å². The van der Waals surface area contributed by atoms with Gasteiger partial charge >= 0.3 is 5.97 Å². The molecule has 3 nitrogen and oxygen atoms in total. The molecule has 0 aliphatic carbocycles. The van der Waals surface area contributed by atoms with Crippen molar-refractivity contribution in [2.24, 2.45) is 0 Å². The molecule has 17 heavy (non-hydrogen) atoms. The summed E-state index contributed by atoms with van der Waals surface area (Å²) in [6, 6.07) is 5.63. The number of ether oxygens (including phenoxy) is 1. The molecule has 0 unspecified atom stereocenters. The lowest BCUT2D eigenvalue weighted by atomic mass is 10.2. The van der Waals surface area contributed by atoms with E-state index in [2.05, 4.69) is 29.5 Å². The Labute approximate surface area is 115 Å². The van der Waals surface area contributed by atoms with Crippen LogP contribution in [-0.2, 0) is 4.79 Å². The number of hydrogen-bond acceptors (Lipinski definition) is 2. The van der Waals surface area contributed by atoms with Gasteiger partial charge in [-0.2, -0.15) is 0 Å². The normalized spacial score (nSPS) is 10.7. The molecule has 0 amide bonds. The summed E-state index contributed by atoms with van der Waals surface area (Å²) >= 11 is 2.19. The van der Waals surface area contributed by atoms with Gasteiger partial charge in [0.1, 0.15) is 5.75 Å². The van der Waals surface area contributed by atoms with E-state index in [1.165, 1.54) is 0 Å². The van der Waals surface area contributed by atoms with Gasteiger partial charge in [0.05, 0.1) is 10.2 Å². The molecule has 0 fully saturated rings. The highest BCUT2D eigenvalue weighted by atomic mass is 127. The first-order valence-corrected chi connectivity index (χ1v) is 6.54. The summed E-state index contributed by atoms with van der Waals surface area (Å²) in [4.78, 5) is 10.4. The third-order valence-corrected chi connectivity index (χ3v) is 2.97. The van der Waals surface area contributed by atoms with Gasteiger partial charge in [0, 0.05) is 6.08 Å². The van der Waals surface area contributed by atoms with Crippen LogP contribution in [0.3, 0.4) is 0 Å². The zero-order valence-electron chi connectivity index (χ0n) is 9.65. The van der Waals surface area contributed by atoms with Crippen LogP contribution >= 0.6 is 22.6 Å². The van der Waals surface area contributed by atoms with Gasteiger partial charge in [-0.25, -0.2) is 4.79 Å². The van der Waals surface area contributed by atoms with Crippen LogP contribution in [0.5, 0.6) is 5.75 Å².